The molecule has 2 aromatic heterocycles. The number of nitrogens with zero attached hydrogens (tertiary/aromatic N) is 5. The van der Waals surface area contributed by atoms with Gasteiger partial charge >= 0.3 is 5.88 Å². The molecule has 0 unspecified atom stereocenters. The zero-order chi connectivity index (χ0) is 17.1. The van der Waals surface area contributed by atoms with Gasteiger partial charge < -0.3 is 5.11 Å². The van der Waals surface area contributed by atoms with E-state index in [1.54, 1.807) is 29.8 Å². The van der Waals surface area contributed by atoms with Crippen molar-refractivity contribution in [3.05, 3.63) is 40.8 Å². The topological polar surface area (TPSA) is 100 Å². The van der Waals surface area contributed by atoms with Crippen LogP contribution in [0.15, 0.2) is 49.9 Å². The fourth-order valence-corrected chi connectivity index (χ4v) is 3.03. The number of hydrogen-bond acceptors (Lipinski definition) is 7. The Kier molecular flexibility index (Phi) is 4.61. The highest BCUT2D eigenvalue weighted by molar-refractivity contribution is 7.99. The zero-order valence-electron chi connectivity index (χ0n) is 13.2. The molecule has 3 aromatic rings. The summed E-state index contributed by atoms with van der Waals surface area (Å²) in [5.74, 6) is -0.195. The van der Waals surface area contributed by atoms with Crippen molar-refractivity contribution in [2.75, 3.05) is 5.75 Å². The SMILES string of the molecule is CCn1c(SC/C([O-])=N/c2c[n+](C)no2)nc2ccccc2c1=O. The molecule has 3 rings (SSSR count). The first kappa shape index (κ1) is 16.2. The van der Waals surface area contributed by atoms with Crippen molar-refractivity contribution in [3.63, 3.8) is 0 Å². The molecule has 9 heteroatoms. The van der Waals surface area contributed by atoms with Crippen LogP contribution in [0.2, 0.25) is 0 Å². The third kappa shape index (κ3) is 3.30. The van der Waals surface area contributed by atoms with Crippen LogP contribution < -0.4 is 15.3 Å². The second-order valence-electron chi connectivity index (χ2n) is 4.97. The van der Waals surface area contributed by atoms with E-state index >= 15 is 0 Å². The number of hydrogen-bond donors (Lipinski definition) is 0. The quantitative estimate of drug-likeness (QED) is 0.218. The molecule has 2 heterocycles. The van der Waals surface area contributed by atoms with Gasteiger partial charge in [0.25, 0.3) is 11.8 Å². The summed E-state index contributed by atoms with van der Waals surface area (Å²) in [4.78, 5) is 20.8. The number of rotatable bonds is 5. The van der Waals surface area contributed by atoms with Crippen molar-refractivity contribution >= 4 is 34.4 Å². The van der Waals surface area contributed by atoms with Gasteiger partial charge in [0.05, 0.1) is 10.9 Å². The van der Waals surface area contributed by atoms with E-state index in [9.17, 15) is 9.90 Å². The third-order valence-corrected chi connectivity index (χ3v) is 4.22. The molecule has 0 bridgehead atoms. The van der Waals surface area contributed by atoms with Gasteiger partial charge in [0.1, 0.15) is 0 Å². The number of aryl methyl sites for hydroxylation is 1. The maximum atomic E-state index is 12.5. The summed E-state index contributed by atoms with van der Waals surface area (Å²) in [7, 11) is 1.67. The van der Waals surface area contributed by atoms with E-state index in [4.69, 9.17) is 4.52 Å². The van der Waals surface area contributed by atoms with Gasteiger partial charge in [-0.1, -0.05) is 28.6 Å². The minimum absolute atomic E-state index is 0.0508. The first-order chi connectivity index (χ1) is 11.6. The van der Waals surface area contributed by atoms with Gasteiger partial charge in [0.2, 0.25) is 0 Å². The maximum absolute atomic E-state index is 12.5. The van der Waals surface area contributed by atoms with E-state index < -0.39 is 0 Å². The molecule has 0 N–H and O–H groups in total. The molecule has 0 spiro atoms. The van der Waals surface area contributed by atoms with Crippen molar-refractivity contribution < 1.29 is 14.3 Å². The van der Waals surface area contributed by atoms with Crippen LogP contribution in [0.3, 0.4) is 0 Å². The molecule has 0 atom stereocenters. The highest BCUT2D eigenvalue weighted by Crippen LogP contribution is 2.18. The minimum atomic E-state index is -0.387. The minimum Gasteiger partial charge on any atom is -0.861 e. The Morgan fingerprint density at radius 2 is 2.25 bits per heavy atom. The Morgan fingerprint density at radius 3 is 2.96 bits per heavy atom. The molecular formula is C15H15N5O3S. The molecule has 0 fully saturated rings. The fourth-order valence-electron chi connectivity index (χ4n) is 2.18. The van der Waals surface area contributed by atoms with Crippen molar-refractivity contribution in [2.24, 2.45) is 12.0 Å². The van der Waals surface area contributed by atoms with Crippen LogP contribution in [0.5, 0.6) is 0 Å². The van der Waals surface area contributed by atoms with Crippen molar-refractivity contribution in [2.45, 2.75) is 18.6 Å². The largest absolute Gasteiger partial charge is 0.861 e. The van der Waals surface area contributed by atoms with Crippen LogP contribution in [0.25, 0.3) is 10.9 Å². The molecular weight excluding hydrogens is 330 g/mol. The Bertz CT molecular complexity index is 963. The lowest BCUT2D eigenvalue weighted by Crippen LogP contribution is -2.27. The van der Waals surface area contributed by atoms with Gasteiger partial charge in [-0.3, -0.25) is 13.9 Å². The Labute approximate surface area is 141 Å². The van der Waals surface area contributed by atoms with Gasteiger partial charge in [-0.2, -0.15) is 0 Å². The van der Waals surface area contributed by atoms with Crippen molar-refractivity contribution in [1.29, 1.82) is 0 Å². The molecule has 0 aliphatic heterocycles. The molecule has 24 heavy (non-hydrogen) atoms. The summed E-state index contributed by atoms with van der Waals surface area (Å²) >= 11 is 1.17. The summed E-state index contributed by atoms with van der Waals surface area (Å²) in [5.41, 5.74) is 0.499. The lowest BCUT2D eigenvalue weighted by Gasteiger charge is -2.13. The smallest absolute Gasteiger partial charge is 0.320 e. The highest BCUT2D eigenvalue weighted by Gasteiger charge is 2.10. The van der Waals surface area contributed by atoms with E-state index in [1.165, 1.54) is 22.6 Å². The van der Waals surface area contributed by atoms with Gasteiger partial charge in [0.15, 0.2) is 17.5 Å². The van der Waals surface area contributed by atoms with Gasteiger partial charge in [-0.25, -0.2) is 9.98 Å². The number of fused-ring (bicyclic) bond motifs is 1. The standard InChI is InChI=1S/C15H15N5O3S/c1-3-20-14(22)10-6-4-5-7-11(10)16-15(20)24-9-12(21)17-13-8-19(2)18-23-13/h4-8H,3,9H2,1-2H3. The first-order valence-corrected chi connectivity index (χ1v) is 8.26. The van der Waals surface area contributed by atoms with Gasteiger partial charge in [0, 0.05) is 12.3 Å². The van der Waals surface area contributed by atoms with Crippen LogP contribution in [-0.4, -0.2) is 26.5 Å². The van der Waals surface area contributed by atoms with E-state index in [-0.39, 0.29) is 23.1 Å². The summed E-state index contributed by atoms with van der Waals surface area (Å²) in [6.07, 6.45) is 1.50. The lowest BCUT2D eigenvalue weighted by molar-refractivity contribution is -0.739. The summed E-state index contributed by atoms with van der Waals surface area (Å²) in [6.45, 7) is 2.34. The number of benzene rings is 1. The number of thioether (sulfide) groups is 1. The monoisotopic (exact) mass is 345 g/mol. The van der Waals surface area contributed by atoms with Crippen LogP contribution in [-0.2, 0) is 13.6 Å². The van der Waals surface area contributed by atoms with E-state index in [0.29, 0.717) is 22.6 Å². The highest BCUT2D eigenvalue weighted by atomic mass is 32.2. The fraction of sp³-hybridized carbons (Fsp3) is 0.267. The average Bonchev–Trinajstić information content (AvgIpc) is 2.98. The van der Waals surface area contributed by atoms with Crippen LogP contribution in [0.1, 0.15) is 6.92 Å². The molecule has 1 aromatic carbocycles. The summed E-state index contributed by atoms with van der Waals surface area (Å²) < 4.78 is 7.82. The second kappa shape index (κ2) is 6.83. The van der Waals surface area contributed by atoms with E-state index in [0.717, 1.165) is 0 Å². The third-order valence-electron chi connectivity index (χ3n) is 3.26. The van der Waals surface area contributed by atoms with Crippen LogP contribution in [0, 0.1) is 0 Å². The van der Waals surface area contributed by atoms with E-state index in [1.807, 2.05) is 13.0 Å². The van der Waals surface area contributed by atoms with Crippen LogP contribution in [0.4, 0.5) is 5.88 Å². The molecule has 0 amide bonds. The number of aliphatic imine (C=N–C) groups is 1. The average molecular weight is 345 g/mol. The second-order valence-corrected chi connectivity index (χ2v) is 5.91. The molecule has 0 saturated carbocycles. The lowest BCUT2D eigenvalue weighted by atomic mass is 10.2. The molecule has 0 saturated heterocycles. The molecule has 8 nitrogen and oxygen atoms in total. The normalized spacial score (nSPS) is 12.0. The Balaban J connectivity index is 1.87. The number of aromatic nitrogens is 4. The number of para-hydroxylation sites is 1. The van der Waals surface area contributed by atoms with E-state index in [2.05, 4.69) is 15.2 Å². The maximum Gasteiger partial charge on any atom is 0.320 e. The predicted octanol–water partition coefficient (Wildman–Crippen LogP) is 0.411. The summed E-state index contributed by atoms with van der Waals surface area (Å²) in [5, 5.41) is 16.6. The van der Waals surface area contributed by atoms with Gasteiger partial charge in [-0.15, -0.1) is 0 Å². The Hall–Kier alpha value is -2.68. The zero-order valence-corrected chi connectivity index (χ0v) is 14.0. The van der Waals surface area contributed by atoms with Crippen LogP contribution >= 0.6 is 11.8 Å². The molecule has 0 radical (unpaired) electrons. The Morgan fingerprint density at radius 1 is 1.46 bits per heavy atom. The summed E-state index contributed by atoms with van der Waals surface area (Å²) in [6, 6.07) is 7.15. The van der Waals surface area contributed by atoms with Crippen molar-refractivity contribution in [3.8, 4) is 0 Å². The van der Waals surface area contributed by atoms with Gasteiger partial charge in [-0.05, 0) is 25.0 Å². The molecule has 0 aliphatic carbocycles. The molecule has 124 valence electrons. The molecule has 0 aliphatic rings. The van der Waals surface area contributed by atoms with Crippen molar-refractivity contribution in [1.82, 2.24) is 14.8 Å². The predicted molar refractivity (Wildman–Crippen MR) is 87.2 cm³/mol. The first-order valence-electron chi connectivity index (χ1n) is 7.28.